The number of nitrogens with zero attached hydrogens (tertiary/aromatic N) is 2. The van der Waals surface area contributed by atoms with Crippen molar-refractivity contribution in [3.63, 3.8) is 0 Å². The lowest BCUT2D eigenvalue weighted by Gasteiger charge is -2.33. The molecule has 0 radical (unpaired) electrons. The van der Waals surface area contributed by atoms with Crippen LogP contribution in [0.5, 0.6) is 5.75 Å². The maximum atomic E-state index is 13.1. The number of hydrogen-bond acceptors (Lipinski definition) is 3. The Balaban J connectivity index is 2.76. The number of phenols is 1. The van der Waals surface area contributed by atoms with Gasteiger partial charge in [-0.05, 0) is 38.8 Å². The number of anilines is 2. The number of hydrogen-bond donors (Lipinski definition) is 1. The number of amides is 2. The van der Waals surface area contributed by atoms with Crippen LogP contribution in [0.2, 0.25) is 0 Å². The van der Waals surface area contributed by atoms with Crippen LogP contribution in [0.3, 0.4) is 0 Å². The van der Waals surface area contributed by atoms with Gasteiger partial charge in [0, 0.05) is 19.2 Å². The van der Waals surface area contributed by atoms with Gasteiger partial charge in [0.25, 0.3) is 0 Å². The van der Waals surface area contributed by atoms with Gasteiger partial charge in [-0.25, -0.2) is 0 Å². The molecule has 2 rings (SSSR count). The summed E-state index contributed by atoms with van der Waals surface area (Å²) in [5.74, 6) is -0.227. The molecule has 1 aromatic rings. The smallest absolute Gasteiger partial charge is 0.242 e. The standard InChI is InChI=1S/C17H24N2O3/c1-5-17(6-2)15(21)18(7-3)13-10-9-12(20)11-14(13)19(8-4)16(17)22/h9-11,20H,5-8H2,1-4H3. The monoisotopic (exact) mass is 304 g/mol. The van der Waals surface area contributed by atoms with Gasteiger partial charge in [0.1, 0.15) is 11.2 Å². The Morgan fingerprint density at radius 2 is 1.41 bits per heavy atom. The zero-order valence-electron chi connectivity index (χ0n) is 13.7. The quantitative estimate of drug-likeness (QED) is 0.870. The molecule has 22 heavy (non-hydrogen) atoms. The van der Waals surface area contributed by atoms with Crippen molar-refractivity contribution in [2.24, 2.45) is 5.41 Å². The number of rotatable bonds is 4. The van der Waals surface area contributed by atoms with E-state index in [9.17, 15) is 14.7 Å². The number of carbonyl (C=O) groups is 2. The SMILES string of the molecule is CCN1C(=O)C(CC)(CC)C(=O)N(CC)c2cc(O)ccc21. The van der Waals surface area contributed by atoms with E-state index < -0.39 is 5.41 Å². The van der Waals surface area contributed by atoms with Gasteiger partial charge in [0.05, 0.1) is 11.4 Å². The first-order valence-electron chi connectivity index (χ1n) is 7.93. The van der Waals surface area contributed by atoms with Crippen LogP contribution >= 0.6 is 0 Å². The summed E-state index contributed by atoms with van der Waals surface area (Å²) < 4.78 is 0. The molecule has 0 bridgehead atoms. The lowest BCUT2D eigenvalue weighted by molar-refractivity contribution is -0.140. The lowest BCUT2D eigenvalue weighted by Crippen LogP contribution is -2.51. The molecule has 0 aliphatic carbocycles. The second-order valence-corrected chi connectivity index (χ2v) is 5.56. The number of fused-ring (bicyclic) bond motifs is 1. The van der Waals surface area contributed by atoms with E-state index in [0.717, 1.165) is 0 Å². The zero-order chi connectivity index (χ0) is 16.5. The summed E-state index contributed by atoms with van der Waals surface area (Å²) in [6.45, 7) is 8.50. The predicted octanol–water partition coefficient (Wildman–Crippen LogP) is 2.92. The Kier molecular flexibility index (Phi) is 4.44. The molecule has 5 heteroatoms. The summed E-state index contributed by atoms with van der Waals surface area (Å²) >= 11 is 0. The van der Waals surface area contributed by atoms with Crippen molar-refractivity contribution >= 4 is 23.2 Å². The van der Waals surface area contributed by atoms with Crippen LogP contribution in [0.4, 0.5) is 11.4 Å². The van der Waals surface area contributed by atoms with Crippen molar-refractivity contribution in [3.8, 4) is 5.75 Å². The van der Waals surface area contributed by atoms with Gasteiger partial charge in [-0.15, -0.1) is 0 Å². The maximum absolute atomic E-state index is 13.1. The number of benzene rings is 1. The van der Waals surface area contributed by atoms with Gasteiger partial charge < -0.3 is 14.9 Å². The molecule has 0 atom stereocenters. The highest BCUT2D eigenvalue weighted by atomic mass is 16.3. The molecular formula is C17H24N2O3. The Morgan fingerprint density at radius 3 is 1.86 bits per heavy atom. The Morgan fingerprint density at radius 1 is 0.909 bits per heavy atom. The first kappa shape index (κ1) is 16.3. The van der Waals surface area contributed by atoms with E-state index in [1.165, 1.54) is 0 Å². The molecule has 0 aromatic heterocycles. The van der Waals surface area contributed by atoms with Gasteiger partial charge in [0.2, 0.25) is 11.8 Å². The molecule has 1 aromatic carbocycles. The molecule has 0 saturated heterocycles. The number of carbonyl (C=O) groups excluding carboxylic acids is 2. The fourth-order valence-corrected chi connectivity index (χ4v) is 3.27. The zero-order valence-corrected chi connectivity index (χ0v) is 13.7. The van der Waals surface area contributed by atoms with Crippen LogP contribution in [0, 0.1) is 5.41 Å². The third-order valence-electron chi connectivity index (χ3n) is 4.69. The highest BCUT2D eigenvalue weighted by Gasteiger charge is 2.50. The molecule has 1 heterocycles. The molecule has 2 amide bonds. The topological polar surface area (TPSA) is 60.9 Å². The summed E-state index contributed by atoms with van der Waals surface area (Å²) in [5.41, 5.74) is 0.261. The minimum atomic E-state index is -1.03. The average molecular weight is 304 g/mol. The molecule has 1 aliphatic rings. The van der Waals surface area contributed by atoms with Crippen molar-refractivity contribution < 1.29 is 14.7 Å². The second-order valence-electron chi connectivity index (χ2n) is 5.56. The van der Waals surface area contributed by atoms with Gasteiger partial charge in [0.15, 0.2) is 0 Å². The summed E-state index contributed by atoms with van der Waals surface area (Å²) in [6, 6.07) is 4.83. The highest BCUT2D eigenvalue weighted by molar-refractivity contribution is 6.20. The molecule has 0 fully saturated rings. The van der Waals surface area contributed by atoms with Crippen LogP contribution in [0.15, 0.2) is 18.2 Å². The van der Waals surface area contributed by atoms with E-state index in [-0.39, 0.29) is 17.6 Å². The fourth-order valence-electron chi connectivity index (χ4n) is 3.27. The average Bonchev–Trinajstić information content (AvgIpc) is 2.58. The number of aromatic hydroxyl groups is 1. The summed E-state index contributed by atoms with van der Waals surface area (Å²) in [7, 11) is 0. The van der Waals surface area contributed by atoms with Crippen molar-refractivity contribution in [3.05, 3.63) is 18.2 Å². The largest absolute Gasteiger partial charge is 0.508 e. The van der Waals surface area contributed by atoms with Crippen molar-refractivity contribution in [1.82, 2.24) is 0 Å². The van der Waals surface area contributed by atoms with Crippen molar-refractivity contribution in [1.29, 1.82) is 0 Å². The molecule has 1 aliphatic heterocycles. The molecule has 0 unspecified atom stereocenters. The van der Waals surface area contributed by atoms with E-state index in [1.54, 1.807) is 28.0 Å². The van der Waals surface area contributed by atoms with Crippen LogP contribution in [-0.2, 0) is 9.59 Å². The normalized spacial score (nSPS) is 17.5. The molecule has 5 nitrogen and oxygen atoms in total. The molecule has 120 valence electrons. The third-order valence-corrected chi connectivity index (χ3v) is 4.69. The van der Waals surface area contributed by atoms with E-state index >= 15 is 0 Å². The fraction of sp³-hybridized carbons (Fsp3) is 0.529. The van der Waals surface area contributed by atoms with Crippen LogP contribution in [0.1, 0.15) is 40.5 Å². The Labute approximate surface area is 131 Å². The van der Waals surface area contributed by atoms with E-state index in [4.69, 9.17) is 0 Å². The minimum absolute atomic E-state index is 0.0917. The van der Waals surface area contributed by atoms with E-state index in [2.05, 4.69) is 0 Å². The minimum Gasteiger partial charge on any atom is -0.508 e. The Hall–Kier alpha value is -2.04. The third kappa shape index (κ3) is 2.16. The van der Waals surface area contributed by atoms with Gasteiger partial charge >= 0.3 is 0 Å². The highest BCUT2D eigenvalue weighted by Crippen LogP contribution is 2.43. The first-order chi connectivity index (χ1) is 10.5. The second kappa shape index (κ2) is 5.99. The van der Waals surface area contributed by atoms with Gasteiger partial charge in [-0.1, -0.05) is 13.8 Å². The molecular weight excluding hydrogens is 280 g/mol. The summed E-state index contributed by atoms with van der Waals surface area (Å²) in [5, 5.41) is 9.81. The van der Waals surface area contributed by atoms with E-state index in [1.807, 2.05) is 27.7 Å². The van der Waals surface area contributed by atoms with Crippen LogP contribution in [0.25, 0.3) is 0 Å². The first-order valence-corrected chi connectivity index (χ1v) is 7.93. The van der Waals surface area contributed by atoms with E-state index in [0.29, 0.717) is 37.3 Å². The van der Waals surface area contributed by atoms with Gasteiger partial charge in [-0.3, -0.25) is 9.59 Å². The molecule has 0 spiro atoms. The Bertz CT molecular complexity index is 594. The molecule has 0 saturated carbocycles. The van der Waals surface area contributed by atoms with Crippen LogP contribution in [-0.4, -0.2) is 30.0 Å². The van der Waals surface area contributed by atoms with Crippen molar-refractivity contribution in [2.45, 2.75) is 40.5 Å². The van der Waals surface area contributed by atoms with Crippen LogP contribution < -0.4 is 9.80 Å². The maximum Gasteiger partial charge on any atom is 0.242 e. The molecule has 1 N–H and O–H groups in total. The predicted molar refractivity (Wildman–Crippen MR) is 87.2 cm³/mol. The lowest BCUT2D eigenvalue weighted by atomic mass is 9.79. The van der Waals surface area contributed by atoms with Crippen molar-refractivity contribution in [2.75, 3.05) is 22.9 Å². The number of phenolic OH excluding ortho intramolecular Hbond substituents is 1. The summed E-state index contributed by atoms with van der Waals surface area (Å²) in [4.78, 5) is 29.5. The van der Waals surface area contributed by atoms with Gasteiger partial charge in [-0.2, -0.15) is 0 Å². The summed E-state index contributed by atoms with van der Waals surface area (Å²) in [6.07, 6.45) is 0.933.